The van der Waals surface area contributed by atoms with Crippen LogP contribution < -0.4 is 14.8 Å². The molecule has 0 aliphatic heterocycles. The Morgan fingerprint density at radius 1 is 1.19 bits per heavy atom. The van der Waals surface area contributed by atoms with Crippen LogP contribution in [-0.2, 0) is 15.6 Å². The quantitative estimate of drug-likeness (QED) is 0.433. The van der Waals surface area contributed by atoms with Gasteiger partial charge in [0.05, 0.1) is 34.7 Å². The zero-order chi connectivity index (χ0) is 24.9. The number of pyridine rings is 1. The van der Waals surface area contributed by atoms with E-state index in [9.17, 15) is 13.2 Å². The number of carbonyl (C=O) groups is 1. The lowest BCUT2D eigenvalue weighted by Gasteiger charge is -2.32. The van der Waals surface area contributed by atoms with E-state index in [2.05, 4.69) is 30.0 Å². The first-order chi connectivity index (χ1) is 17.3. The molecule has 36 heavy (non-hydrogen) atoms. The van der Waals surface area contributed by atoms with Crippen molar-refractivity contribution in [3.63, 3.8) is 0 Å². The van der Waals surface area contributed by atoms with Crippen LogP contribution in [0.1, 0.15) is 54.4 Å². The van der Waals surface area contributed by atoms with Crippen LogP contribution in [0.25, 0.3) is 10.6 Å². The van der Waals surface area contributed by atoms with Crippen LogP contribution in [0.4, 0.5) is 5.82 Å². The molecule has 2 unspecified atom stereocenters. The normalized spacial score (nSPS) is 24.7. The fourth-order valence-corrected chi connectivity index (χ4v) is 7.13. The molecule has 0 aromatic carbocycles. The predicted molar refractivity (Wildman–Crippen MR) is 134 cm³/mol. The first-order valence-electron chi connectivity index (χ1n) is 12.1. The van der Waals surface area contributed by atoms with Gasteiger partial charge in [-0.1, -0.05) is 0 Å². The number of amides is 1. The standard InChI is InChI=1S/C24H26N6O4S2/c1-2-34-21-13-25-11-18(28-21)19-12-27-23(35-19)22(31)29-24(9-14-7-15(14)10-24)16-5-6-26-20(8-16)30-36(32,33)17-3-4-17/h5-6,8,11-15,17H,2-4,7,9-10H2,1H3,(H,26,30)(H,29,31). The summed E-state index contributed by atoms with van der Waals surface area (Å²) >= 11 is 1.25. The molecule has 10 nitrogen and oxygen atoms in total. The molecular weight excluding hydrogens is 500 g/mol. The minimum absolute atomic E-state index is 0.265. The number of anilines is 1. The minimum Gasteiger partial charge on any atom is -0.477 e. The van der Waals surface area contributed by atoms with Gasteiger partial charge >= 0.3 is 0 Å². The lowest BCUT2D eigenvalue weighted by atomic mass is 9.85. The molecule has 3 saturated carbocycles. The van der Waals surface area contributed by atoms with Crippen molar-refractivity contribution in [3.8, 4) is 16.5 Å². The van der Waals surface area contributed by atoms with Crippen molar-refractivity contribution in [1.29, 1.82) is 0 Å². The van der Waals surface area contributed by atoms with Crippen LogP contribution in [0, 0.1) is 11.8 Å². The van der Waals surface area contributed by atoms with Crippen LogP contribution in [-0.4, -0.2) is 46.1 Å². The van der Waals surface area contributed by atoms with E-state index in [1.54, 1.807) is 30.9 Å². The second-order valence-corrected chi connectivity index (χ2v) is 12.7. The summed E-state index contributed by atoms with van der Waals surface area (Å²) in [7, 11) is -3.43. The molecular formula is C24H26N6O4S2. The van der Waals surface area contributed by atoms with Crippen molar-refractivity contribution in [2.75, 3.05) is 11.3 Å². The van der Waals surface area contributed by atoms with E-state index in [0.717, 1.165) is 23.3 Å². The summed E-state index contributed by atoms with van der Waals surface area (Å²) in [6.07, 6.45) is 10.5. The largest absolute Gasteiger partial charge is 0.477 e. The molecule has 3 aliphatic carbocycles. The Kier molecular flexibility index (Phi) is 5.67. The molecule has 3 aromatic rings. The Morgan fingerprint density at radius 2 is 2.00 bits per heavy atom. The summed E-state index contributed by atoms with van der Waals surface area (Å²) < 4.78 is 32.9. The molecule has 2 atom stereocenters. The third-order valence-corrected chi connectivity index (χ3v) is 9.88. The van der Waals surface area contributed by atoms with E-state index >= 15 is 0 Å². The zero-order valence-electron chi connectivity index (χ0n) is 19.7. The van der Waals surface area contributed by atoms with Crippen molar-refractivity contribution < 1.29 is 17.9 Å². The number of hydrogen-bond acceptors (Lipinski definition) is 9. The topological polar surface area (TPSA) is 136 Å². The summed E-state index contributed by atoms with van der Waals surface area (Å²) in [4.78, 5) is 31.3. The summed E-state index contributed by atoms with van der Waals surface area (Å²) in [5.74, 6) is 1.57. The van der Waals surface area contributed by atoms with E-state index in [1.807, 2.05) is 13.0 Å². The second-order valence-electron chi connectivity index (χ2n) is 9.68. The Bertz CT molecular complexity index is 1410. The van der Waals surface area contributed by atoms with Crippen LogP contribution in [0.5, 0.6) is 5.88 Å². The molecule has 6 rings (SSSR count). The van der Waals surface area contributed by atoms with Gasteiger partial charge in [-0.25, -0.2) is 23.4 Å². The molecule has 0 radical (unpaired) electrons. The molecule has 3 aliphatic rings. The van der Waals surface area contributed by atoms with E-state index in [-0.39, 0.29) is 17.0 Å². The number of hydrogen-bond donors (Lipinski definition) is 2. The monoisotopic (exact) mass is 526 g/mol. The third-order valence-electron chi connectivity index (χ3n) is 7.02. The van der Waals surface area contributed by atoms with Gasteiger partial charge in [0.2, 0.25) is 15.9 Å². The van der Waals surface area contributed by atoms with Crippen molar-refractivity contribution >= 4 is 33.1 Å². The Balaban J connectivity index is 1.24. The zero-order valence-corrected chi connectivity index (χ0v) is 21.3. The fraction of sp³-hybridized carbons (Fsp3) is 0.458. The Hall–Kier alpha value is -3.12. The summed E-state index contributed by atoms with van der Waals surface area (Å²) in [5, 5.41) is 3.24. The smallest absolute Gasteiger partial charge is 0.280 e. The number of ether oxygens (including phenoxy) is 1. The van der Waals surface area contributed by atoms with Gasteiger partial charge in [-0.3, -0.25) is 14.5 Å². The second kappa shape index (κ2) is 8.77. The Labute approximate surface area is 213 Å². The van der Waals surface area contributed by atoms with Crippen molar-refractivity contribution in [1.82, 2.24) is 25.3 Å². The van der Waals surface area contributed by atoms with Gasteiger partial charge in [0.1, 0.15) is 11.5 Å². The number of thiazole rings is 1. The number of nitrogens with zero attached hydrogens (tertiary/aromatic N) is 4. The molecule has 1 amide bonds. The van der Waals surface area contributed by atoms with Gasteiger partial charge in [-0.15, -0.1) is 11.3 Å². The van der Waals surface area contributed by atoms with Gasteiger partial charge in [-0.2, -0.15) is 0 Å². The first kappa shape index (κ1) is 23.3. The third kappa shape index (κ3) is 4.55. The number of nitrogens with one attached hydrogen (secondary N) is 2. The molecule has 2 N–H and O–H groups in total. The van der Waals surface area contributed by atoms with Gasteiger partial charge in [0, 0.05) is 12.4 Å². The van der Waals surface area contributed by atoms with Crippen molar-refractivity contribution in [3.05, 3.63) is 47.5 Å². The van der Waals surface area contributed by atoms with Crippen LogP contribution >= 0.6 is 11.3 Å². The maximum absolute atomic E-state index is 13.4. The molecule has 0 bridgehead atoms. The lowest BCUT2D eigenvalue weighted by molar-refractivity contribution is 0.0890. The first-order valence-corrected chi connectivity index (χ1v) is 14.4. The van der Waals surface area contributed by atoms with Crippen molar-refractivity contribution in [2.24, 2.45) is 11.8 Å². The highest BCUT2D eigenvalue weighted by molar-refractivity contribution is 7.93. The molecule has 12 heteroatoms. The van der Waals surface area contributed by atoms with Crippen LogP contribution in [0.3, 0.4) is 0 Å². The highest BCUT2D eigenvalue weighted by Crippen LogP contribution is 2.59. The van der Waals surface area contributed by atoms with Gasteiger partial charge in [0.25, 0.3) is 5.91 Å². The summed E-state index contributed by atoms with van der Waals surface area (Å²) in [6.45, 7) is 2.36. The maximum Gasteiger partial charge on any atom is 0.280 e. The molecule has 3 aromatic heterocycles. The highest BCUT2D eigenvalue weighted by Gasteiger charge is 2.55. The molecule has 188 valence electrons. The maximum atomic E-state index is 13.4. The van der Waals surface area contributed by atoms with Gasteiger partial charge in [-0.05, 0) is 68.6 Å². The van der Waals surface area contributed by atoms with Crippen molar-refractivity contribution in [2.45, 2.75) is 49.8 Å². The number of aromatic nitrogens is 4. The van der Waals surface area contributed by atoms with Crippen LogP contribution in [0.2, 0.25) is 0 Å². The predicted octanol–water partition coefficient (Wildman–Crippen LogP) is 3.35. The van der Waals surface area contributed by atoms with E-state index in [1.165, 1.54) is 17.8 Å². The van der Waals surface area contributed by atoms with Crippen LogP contribution in [0.15, 0.2) is 36.9 Å². The molecule has 0 saturated heterocycles. The molecule has 0 spiro atoms. The van der Waals surface area contributed by atoms with Gasteiger partial charge in [0.15, 0.2) is 5.01 Å². The van der Waals surface area contributed by atoms with Gasteiger partial charge < -0.3 is 10.1 Å². The average Bonchev–Trinajstić information content (AvgIpc) is 3.76. The number of fused-ring (bicyclic) bond motifs is 1. The number of rotatable bonds is 9. The fourth-order valence-electron chi connectivity index (χ4n) is 5.04. The minimum atomic E-state index is -3.43. The summed E-state index contributed by atoms with van der Waals surface area (Å²) in [6, 6.07) is 3.62. The lowest BCUT2D eigenvalue weighted by Crippen LogP contribution is -2.45. The highest BCUT2D eigenvalue weighted by atomic mass is 32.2. The summed E-state index contributed by atoms with van der Waals surface area (Å²) in [5.41, 5.74) is 0.864. The average molecular weight is 527 g/mol. The number of sulfonamides is 1. The number of carbonyl (C=O) groups excluding carboxylic acids is 1. The molecule has 3 heterocycles. The molecule has 3 fully saturated rings. The van der Waals surface area contributed by atoms with E-state index in [0.29, 0.717) is 47.9 Å². The SMILES string of the molecule is CCOc1cncc(-c2cnc(C(=O)NC3(c4ccnc(NS(=O)(=O)C5CC5)c4)CC4CC4C3)s2)n1. The van der Waals surface area contributed by atoms with E-state index < -0.39 is 15.6 Å². The van der Waals surface area contributed by atoms with E-state index in [4.69, 9.17) is 4.74 Å². The Morgan fingerprint density at radius 3 is 2.75 bits per heavy atom.